The lowest BCUT2D eigenvalue weighted by atomic mass is 9.54. The van der Waals surface area contributed by atoms with Gasteiger partial charge in [0.25, 0.3) is 0 Å². The predicted octanol–water partition coefficient (Wildman–Crippen LogP) is 7.17. The summed E-state index contributed by atoms with van der Waals surface area (Å²) in [5.74, 6) is -0.932. The number of rotatable bonds is 11. The minimum atomic E-state index is -0.716. The lowest BCUT2D eigenvalue weighted by Gasteiger charge is -2.49. The molecule has 0 fully saturated rings. The van der Waals surface area contributed by atoms with E-state index < -0.39 is 11.9 Å². The first-order chi connectivity index (χ1) is 12.0. The highest BCUT2D eigenvalue weighted by atomic mass is 16.4. The molecule has 3 unspecified atom stereocenters. The van der Waals surface area contributed by atoms with E-state index in [1.165, 1.54) is 0 Å². The van der Waals surface area contributed by atoms with Crippen molar-refractivity contribution in [2.45, 2.75) is 102 Å². The van der Waals surface area contributed by atoms with Gasteiger partial charge in [-0.05, 0) is 40.4 Å². The van der Waals surface area contributed by atoms with Crippen LogP contribution in [0.1, 0.15) is 102 Å². The molecule has 0 aliphatic rings. The summed E-state index contributed by atoms with van der Waals surface area (Å²) in [6.45, 7) is 23.7. The molecule has 0 bridgehead atoms. The molecular weight excluding hydrogens is 334 g/mol. The Morgan fingerprint density at radius 3 is 1.81 bits per heavy atom. The summed E-state index contributed by atoms with van der Waals surface area (Å²) >= 11 is 0. The molecule has 0 aliphatic carbocycles. The van der Waals surface area contributed by atoms with Gasteiger partial charge in [0.15, 0.2) is 0 Å². The van der Waals surface area contributed by atoms with Crippen LogP contribution in [0.4, 0.5) is 0 Å². The molecule has 0 amide bonds. The predicted molar refractivity (Wildman–Crippen MR) is 114 cm³/mol. The number of carboxylic acids is 1. The van der Waals surface area contributed by atoms with Crippen LogP contribution in [0, 0.1) is 50.7 Å². The van der Waals surface area contributed by atoms with Gasteiger partial charge in [-0.25, -0.2) is 0 Å². The maximum absolute atomic E-state index is 12.2. The number of carboxylic acid groups (broad SMARTS) is 1. The van der Waals surface area contributed by atoms with Crippen LogP contribution in [0.3, 0.4) is 0 Å². The number of aliphatic carboxylic acids is 1. The van der Waals surface area contributed by atoms with Gasteiger partial charge in [-0.3, -0.25) is 4.79 Å². The zero-order chi connectivity index (χ0) is 21.8. The van der Waals surface area contributed by atoms with E-state index in [0.717, 1.165) is 19.3 Å². The van der Waals surface area contributed by atoms with Crippen molar-refractivity contribution >= 4 is 5.97 Å². The van der Waals surface area contributed by atoms with Crippen LogP contribution < -0.4 is 0 Å². The second kappa shape index (κ2) is 8.97. The monoisotopic (exact) mass is 379 g/mol. The third-order valence-corrected chi connectivity index (χ3v) is 8.28. The molecule has 0 aliphatic heterocycles. The molecule has 3 heteroatoms. The van der Waals surface area contributed by atoms with E-state index in [2.05, 4.69) is 82.2 Å². The molecule has 3 atom stereocenters. The Labute approximate surface area is 168 Å². The van der Waals surface area contributed by atoms with Gasteiger partial charge < -0.3 is 5.11 Å². The Morgan fingerprint density at radius 1 is 1.00 bits per heavy atom. The van der Waals surface area contributed by atoms with Crippen LogP contribution in [0.25, 0.3) is 0 Å². The first kappa shape index (κ1) is 26.0. The Hall–Kier alpha value is -1.04. The molecule has 0 saturated carbocycles. The van der Waals surface area contributed by atoms with Gasteiger partial charge in [0.05, 0.1) is 17.9 Å². The van der Waals surface area contributed by atoms with Crippen LogP contribution in [0.2, 0.25) is 0 Å². The fourth-order valence-corrected chi connectivity index (χ4v) is 3.94. The summed E-state index contributed by atoms with van der Waals surface area (Å²) in [4.78, 5) is 12.2. The van der Waals surface area contributed by atoms with Crippen LogP contribution >= 0.6 is 0 Å². The molecule has 0 aromatic heterocycles. The lowest BCUT2D eigenvalue weighted by Crippen LogP contribution is -2.46. The molecule has 0 radical (unpaired) electrons. The summed E-state index contributed by atoms with van der Waals surface area (Å²) in [5, 5.41) is 20.0. The number of hydrogen-bond acceptors (Lipinski definition) is 2. The maximum Gasteiger partial charge on any atom is 0.307 e. The quantitative estimate of drug-likeness (QED) is 0.414. The Bertz CT molecular complexity index is 537. The molecule has 0 heterocycles. The first-order valence-corrected chi connectivity index (χ1v) is 10.6. The lowest BCUT2D eigenvalue weighted by molar-refractivity contribution is -0.151. The molecule has 27 heavy (non-hydrogen) atoms. The molecule has 0 aromatic carbocycles. The van der Waals surface area contributed by atoms with Crippen molar-refractivity contribution in [1.29, 1.82) is 5.26 Å². The molecular formula is C24H45NO2. The summed E-state index contributed by atoms with van der Waals surface area (Å²) in [7, 11) is 0. The second-order valence-electron chi connectivity index (χ2n) is 11.2. The molecule has 0 rings (SSSR count). The molecule has 0 saturated heterocycles. The summed E-state index contributed by atoms with van der Waals surface area (Å²) in [6.07, 6.45) is 3.41. The highest BCUT2D eigenvalue weighted by Crippen LogP contribution is 2.54. The molecule has 0 spiro atoms. The molecule has 0 aromatic rings. The van der Waals surface area contributed by atoms with Gasteiger partial charge in [0.1, 0.15) is 0 Å². The van der Waals surface area contributed by atoms with Gasteiger partial charge in [-0.2, -0.15) is 5.26 Å². The summed E-state index contributed by atoms with van der Waals surface area (Å²) in [6, 6.07) is 2.57. The fraction of sp³-hybridized carbons (Fsp3) is 0.917. The van der Waals surface area contributed by atoms with E-state index >= 15 is 0 Å². The van der Waals surface area contributed by atoms with Gasteiger partial charge in [-0.15, -0.1) is 0 Å². The third kappa shape index (κ3) is 5.97. The van der Waals surface area contributed by atoms with Crippen molar-refractivity contribution in [2.24, 2.45) is 39.4 Å². The maximum atomic E-state index is 12.2. The van der Waals surface area contributed by atoms with Crippen LogP contribution in [0.5, 0.6) is 0 Å². The normalized spacial score (nSPS) is 17.1. The number of carbonyl (C=O) groups is 1. The average molecular weight is 380 g/mol. The van der Waals surface area contributed by atoms with E-state index in [-0.39, 0.29) is 27.6 Å². The van der Waals surface area contributed by atoms with Crippen molar-refractivity contribution in [3.63, 3.8) is 0 Å². The zero-order valence-corrected chi connectivity index (χ0v) is 19.9. The number of hydrogen-bond donors (Lipinski definition) is 1. The van der Waals surface area contributed by atoms with Gasteiger partial charge in [0, 0.05) is 0 Å². The van der Waals surface area contributed by atoms with Crippen LogP contribution in [-0.2, 0) is 4.79 Å². The van der Waals surface area contributed by atoms with Crippen molar-refractivity contribution in [3.8, 4) is 6.07 Å². The average Bonchev–Trinajstić information content (AvgIpc) is 2.55. The minimum absolute atomic E-state index is 0.107. The topological polar surface area (TPSA) is 61.1 Å². The van der Waals surface area contributed by atoms with E-state index in [4.69, 9.17) is 0 Å². The summed E-state index contributed by atoms with van der Waals surface area (Å²) < 4.78 is 0. The van der Waals surface area contributed by atoms with E-state index in [1.807, 2.05) is 0 Å². The highest BCUT2D eigenvalue weighted by molar-refractivity contribution is 5.71. The third-order valence-electron chi connectivity index (χ3n) is 8.28. The van der Waals surface area contributed by atoms with Crippen molar-refractivity contribution in [2.75, 3.05) is 0 Å². The zero-order valence-electron chi connectivity index (χ0n) is 19.9. The van der Waals surface area contributed by atoms with Gasteiger partial charge in [-0.1, -0.05) is 89.0 Å². The Morgan fingerprint density at radius 2 is 1.48 bits per heavy atom. The van der Waals surface area contributed by atoms with E-state index in [0.29, 0.717) is 12.3 Å². The van der Waals surface area contributed by atoms with Crippen LogP contribution in [0.15, 0.2) is 0 Å². The van der Waals surface area contributed by atoms with Crippen molar-refractivity contribution in [3.05, 3.63) is 0 Å². The second-order valence-corrected chi connectivity index (χ2v) is 11.2. The smallest absolute Gasteiger partial charge is 0.307 e. The Kier molecular flexibility index (Phi) is 8.63. The first-order valence-electron chi connectivity index (χ1n) is 10.6. The summed E-state index contributed by atoms with van der Waals surface area (Å²) in [5.41, 5.74) is -0.743. The number of nitriles is 1. The Balaban J connectivity index is 5.85. The molecule has 3 nitrogen and oxygen atoms in total. The van der Waals surface area contributed by atoms with Crippen molar-refractivity contribution in [1.82, 2.24) is 0 Å². The van der Waals surface area contributed by atoms with Crippen molar-refractivity contribution < 1.29 is 9.90 Å². The number of nitrogens with zero attached hydrogens (tertiary/aromatic N) is 1. The van der Waals surface area contributed by atoms with Gasteiger partial charge >= 0.3 is 5.97 Å². The van der Waals surface area contributed by atoms with Gasteiger partial charge in [0.2, 0.25) is 0 Å². The largest absolute Gasteiger partial charge is 0.481 e. The van der Waals surface area contributed by atoms with E-state index in [1.54, 1.807) is 0 Å². The SMILES string of the molecule is CCC(C)C(C)(C)C(CC(C)(C)C(C)(C)C(C#N)CC(C)(C)CC)C(=O)O. The fourth-order valence-electron chi connectivity index (χ4n) is 3.94. The molecule has 1 N–H and O–H groups in total. The molecule has 158 valence electrons. The van der Waals surface area contributed by atoms with E-state index in [9.17, 15) is 15.2 Å². The van der Waals surface area contributed by atoms with Crippen LogP contribution in [-0.4, -0.2) is 11.1 Å². The highest BCUT2D eigenvalue weighted by Gasteiger charge is 2.49. The minimum Gasteiger partial charge on any atom is -0.481 e. The standard InChI is InChI=1S/C24H45NO2/c1-12-17(3)23(8,9)19(20(26)27)15-22(6,7)24(10,11)18(16-25)14-21(4,5)13-2/h17-19H,12-15H2,1-11H3,(H,26,27).